The highest BCUT2D eigenvalue weighted by molar-refractivity contribution is 5.76. The van der Waals surface area contributed by atoms with Crippen LogP contribution in [0.1, 0.15) is 5.56 Å². The molecule has 1 aromatic rings. The van der Waals surface area contributed by atoms with E-state index in [0.717, 1.165) is 56.8 Å². The number of methoxy groups -OCH3 is 1. The van der Waals surface area contributed by atoms with E-state index in [9.17, 15) is 0 Å². The van der Waals surface area contributed by atoms with Gasteiger partial charge in [0.05, 0.1) is 18.4 Å². The molecule has 1 N–H and O–H groups in total. The lowest BCUT2D eigenvalue weighted by Gasteiger charge is -2.36. The van der Waals surface area contributed by atoms with Gasteiger partial charge in [0.2, 0.25) is 0 Å². The summed E-state index contributed by atoms with van der Waals surface area (Å²) in [5.41, 5.74) is 2.17. The van der Waals surface area contributed by atoms with Crippen LogP contribution >= 0.6 is 0 Å². The molecule has 0 aromatic heterocycles. The molecule has 0 spiro atoms. The normalized spacial score (nSPS) is 16.8. The van der Waals surface area contributed by atoms with Crippen LogP contribution in [0.15, 0.2) is 30.5 Å². The molecule has 1 saturated heterocycles. The maximum absolute atomic E-state index is 8.99. The van der Waals surface area contributed by atoms with Crippen molar-refractivity contribution < 1.29 is 9.84 Å². The summed E-state index contributed by atoms with van der Waals surface area (Å²) >= 11 is 0. The van der Waals surface area contributed by atoms with Crippen LogP contribution in [0.25, 0.3) is 5.57 Å². The molecule has 1 heterocycles. The Hall–Kier alpha value is -2.03. The first-order chi connectivity index (χ1) is 10.3. The fraction of sp³-hybridized carbons (Fsp3) is 0.438. The third-order valence-electron chi connectivity index (χ3n) is 3.78. The zero-order chi connectivity index (χ0) is 15.1. The van der Waals surface area contributed by atoms with Gasteiger partial charge in [-0.3, -0.25) is 4.90 Å². The predicted octanol–water partition coefficient (Wildman–Crippen LogP) is 1.88. The number of anilines is 1. The van der Waals surface area contributed by atoms with Crippen molar-refractivity contribution in [2.75, 3.05) is 51.3 Å². The molecule has 0 amide bonds. The van der Waals surface area contributed by atoms with E-state index in [1.54, 1.807) is 7.11 Å². The summed E-state index contributed by atoms with van der Waals surface area (Å²) < 4.78 is 5.11. The SMILES string of the molecule is COCCN1CCN(c2ccc(/C(C#N)=C\O)cc2)CC1. The van der Waals surface area contributed by atoms with Crippen LogP contribution in [-0.2, 0) is 4.74 Å². The topological polar surface area (TPSA) is 59.7 Å². The average Bonchev–Trinajstić information content (AvgIpc) is 2.55. The van der Waals surface area contributed by atoms with E-state index in [4.69, 9.17) is 15.1 Å². The summed E-state index contributed by atoms with van der Waals surface area (Å²) in [4.78, 5) is 4.73. The van der Waals surface area contributed by atoms with E-state index in [0.29, 0.717) is 0 Å². The lowest BCUT2D eigenvalue weighted by molar-refractivity contribution is 0.144. The van der Waals surface area contributed by atoms with Crippen LogP contribution in [0.4, 0.5) is 5.69 Å². The molecule has 5 heteroatoms. The fourth-order valence-corrected chi connectivity index (χ4v) is 2.47. The Balaban J connectivity index is 1.94. The van der Waals surface area contributed by atoms with Gasteiger partial charge < -0.3 is 14.7 Å². The molecular weight excluding hydrogens is 266 g/mol. The van der Waals surface area contributed by atoms with Crippen molar-refractivity contribution in [2.24, 2.45) is 0 Å². The second-order valence-corrected chi connectivity index (χ2v) is 5.02. The maximum Gasteiger partial charge on any atom is 0.103 e. The Morgan fingerprint density at radius 2 is 1.95 bits per heavy atom. The van der Waals surface area contributed by atoms with Crippen molar-refractivity contribution >= 4 is 11.3 Å². The van der Waals surface area contributed by atoms with Crippen LogP contribution in [0.2, 0.25) is 0 Å². The van der Waals surface area contributed by atoms with Crippen molar-refractivity contribution in [3.8, 4) is 6.07 Å². The summed E-state index contributed by atoms with van der Waals surface area (Å²) in [6.07, 6.45) is 0.851. The number of aliphatic hydroxyl groups is 1. The highest BCUT2D eigenvalue weighted by Crippen LogP contribution is 2.20. The summed E-state index contributed by atoms with van der Waals surface area (Å²) in [7, 11) is 1.73. The van der Waals surface area contributed by atoms with Crippen LogP contribution < -0.4 is 4.90 Å². The molecular formula is C16H21N3O2. The maximum atomic E-state index is 8.99. The first kappa shape index (κ1) is 15.4. The quantitative estimate of drug-likeness (QED) is 0.662. The largest absolute Gasteiger partial charge is 0.514 e. The van der Waals surface area contributed by atoms with Crippen molar-refractivity contribution in [3.63, 3.8) is 0 Å². The van der Waals surface area contributed by atoms with E-state index < -0.39 is 0 Å². The Kier molecular flexibility index (Phi) is 5.61. The van der Waals surface area contributed by atoms with Crippen LogP contribution in [0, 0.1) is 11.3 Å². The summed E-state index contributed by atoms with van der Waals surface area (Å²) in [5.74, 6) is 0. The summed E-state index contributed by atoms with van der Waals surface area (Å²) in [5, 5.41) is 17.9. The van der Waals surface area contributed by atoms with Gasteiger partial charge in [-0.25, -0.2) is 0 Å². The molecule has 0 saturated carbocycles. The second kappa shape index (κ2) is 7.67. The number of allylic oxidation sites excluding steroid dienone is 1. The van der Waals surface area contributed by atoms with Crippen molar-refractivity contribution in [1.29, 1.82) is 5.26 Å². The lowest BCUT2D eigenvalue weighted by atomic mass is 10.1. The number of benzene rings is 1. The Morgan fingerprint density at radius 1 is 1.29 bits per heavy atom. The molecule has 1 aromatic carbocycles. The molecule has 1 aliphatic rings. The molecule has 2 rings (SSSR count). The van der Waals surface area contributed by atoms with Gasteiger partial charge in [0.25, 0.3) is 0 Å². The lowest BCUT2D eigenvalue weighted by Crippen LogP contribution is -2.47. The first-order valence-corrected chi connectivity index (χ1v) is 7.09. The molecule has 21 heavy (non-hydrogen) atoms. The zero-order valence-electron chi connectivity index (χ0n) is 12.3. The molecule has 0 radical (unpaired) electrons. The molecule has 112 valence electrons. The number of rotatable bonds is 5. The molecule has 0 bridgehead atoms. The highest BCUT2D eigenvalue weighted by Gasteiger charge is 2.16. The number of hydrogen-bond acceptors (Lipinski definition) is 5. The van der Waals surface area contributed by atoms with Gasteiger partial charge >= 0.3 is 0 Å². The fourth-order valence-electron chi connectivity index (χ4n) is 2.47. The van der Waals surface area contributed by atoms with Crippen molar-refractivity contribution in [3.05, 3.63) is 36.1 Å². The third-order valence-corrected chi connectivity index (χ3v) is 3.78. The van der Waals surface area contributed by atoms with Gasteiger partial charge in [-0.05, 0) is 17.7 Å². The van der Waals surface area contributed by atoms with Crippen LogP contribution in [0.3, 0.4) is 0 Å². The zero-order valence-corrected chi connectivity index (χ0v) is 12.3. The monoisotopic (exact) mass is 287 g/mol. The minimum Gasteiger partial charge on any atom is -0.514 e. The van der Waals surface area contributed by atoms with Crippen molar-refractivity contribution in [1.82, 2.24) is 4.90 Å². The molecule has 1 aliphatic heterocycles. The number of nitriles is 1. The Morgan fingerprint density at radius 3 is 2.48 bits per heavy atom. The number of ether oxygens (including phenoxy) is 1. The van der Waals surface area contributed by atoms with Gasteiger partial charge in [0.1, 0.15) is 6.07 Å². The van der Waals surface area contributed by atoms with E-state index >= 15 is 0 Å². The number of hydrogen-bond donors (Lipinski definition) is 1. The summed E-state index contributed by atoms with van der Waals surface area (Å²) in [6, 6.07) is 9.72. The van der Waals surface area contributed by atoms with Gasteiger partial charge in [-0.2, -0.15) is 5.26 Å². The smallest absolute Gasteiger partial charge is 0.103 e. The van der Waals surface area contributed by atoms with E-state index in [1.807, 2.05) is 30.3 Å². The second-order valence-electron chi connectivity index (χ2n) is 5.02. The molecule has 0 atom stereocenters. The minimum atomic E-state index is 0.283. The van der Waals surface area contributed by atoms with E-state index in [2.05, 4.69) is 9.80 Å². The average molecular weight is 287 g/mol. The number of piperazine rings is 1. The molecule has 0 unspecified atom stereocenters. The van der Waals surface area contributed by atoms with Crippen LogP contribution in [0.5, 0.6) is 0 Å². The molecule has 1 fully saturated rings. The standard InChI is InChI=1S/C16H21N3O2/c1-21-11-10-18-6-8-19(9-7-18)16-4-2-14(3-5-16)15(12-17)13-20/h2-5,13,20H,6-11H2,1H3/b15-13-. The minimum absolute atomic E-state index is 0.283. The Bertz CT molecular complexity index is 511. The first-order valence-electron chi connectivity index (χ1n) is 7.09. The Labute approximate surface area is 125 Å². The van der Waals surface area contributed by atoms with E-state index in [-0.39, 0.29) is 5.57 Å². The predicted molar refractivity (Wildman–Crippen MR) is 83.2 cm³/mol. The number of aliphatic hydroxyl groups excluding tert-OH is 1. The highest BCUT2D eigenvalue weighted by atomic mass is 16.5. The number of nitrogens with zero attached hydrogens (tertiary/aromatic N) is 3. The third kappa shape index (κ3) is 3.97. The van der Waals surface area contributed by atoms with Crippen LogP contribution in [-0.4, -0.2) is 56.4 Å². The van der Waals surface area contributed by atoms with E-state index in [1.165, 1.54) is 0 Å². The van der Waals surface area contributed by atoms with Gasteiger partial charge in [0.15, 0.2) is 0 Å². The molecule has 5 nitrogen and oxygen atoms in total. The van der Waals surface area contributed by atoms with Gasteiger partial charge in [-0.15, -0.1) is 0 Å². The van der Waals surface area contributed by atoms with Gasteiger partial charge in [0, 0.05) is 45.5 Å². The molecule has 0 aliphatic carbocycles. The van der Waals surface area contributed by atoms with Crippen molar-refractivity contribution in [2.45, 2.75) is 0 Å². The van der Waals surface area contributed by atoms with Gasteiger partial charge in [-0.1, -0.05) is 12.1 Å². The summed E-state index contributed by atoms with van der Waals surface area (Å²) in [6.45, 7) is 5.81.